The maximum Gasteiger partial charge on any atom is 0.332 e. The lowest BCUT2D eigenvalue weighted by Crippen LogP contribution is -2.37. The Balaban J connectivity index is 2.52. The van der Waals surface area contributed by atoms with Gasteiger partial charge in [-0.1, -0.05) is 43.3 Å². The van der Waals surface area contributed by atoms with E-state index in [1.807, 2.05) is 37.3 Å². The van der Waals surface area contributed by atoms with Gasteiger partial charge >= 0.3 is 5.97 Å². The third-order valence-electron chi connectivity index (χ3n) is 4.14. The zero-order valence-electron chi connectivity index (χ0n) is 11.8. The monoisotopic (exact) mass is 272 g/mol. The summed E-state index contributed by atoms with van der Waals surface area (Å²) >= 11 is 0. The Bertz CT molecular complexity index is 518. The van der Waals surface area contributed by atoms with E-state index in [1.165, 1.54) is 0 Å². The van der Waals surface area contributed by atoms with Crippen LogP contribution >= 0.6 is 0 Å². The van der Waals surface area contributed by atoms with E-state index in [4.69, 9.17) is 0 Å². The Labute approximate surface area is 119 Å². The number of carboxylic acid groups (broad SMARTS) is 1. The van der Waals surface area contributed by atoms with Crippen molar-refractivity contribution in [1.82, 2.24) is 0 Å². The first-order valence-corrected chi connectivity index (χ1v) is 7.11. The van der Waals surface area contributed by atoms with E-state index in [2.05, 4.69) is 0 Å². The summed E-state index contributed by atoms with van der Waals surface area (Å²) in [6, 6.07) is 9.73. The molecule has 106 valence electrons. The van der Waals surface area contributed by atoms with Gasteiger partial charge in [0.1, 0.15) is 5.78 Å². The van der Waals surface area contributed by atoms with Crippen LogP contribution in [0.4, 0.5) is 0 Å². The molecule has 1 N–H and O–H groups in total. The quantitative estimate of drug-likeness (QED) is 0.854. The molecule has 1 saturated carbocycles. The van der Waals surface area contributed by atoms with Crippen LogP contribution in [0.1, 0.15) is 44.6 Å². The molecule has 3 nitrogen and oxygen atoms in total. The number of carboxylic acids is 1. The Morgan fingerprint density at radius 2 is 1.85 bits per heavy atom. The zero-order valence-corrected chi connectivity index (χ0v) is 11.8. The molecule has 3 heteroatoms. The second-order valence-electron chi connectivity index (χ2n) is 5.32. The normalized spacial score (nSPS) is 18.9. The lowest BCUT2D eigenvalue weighted by atomic mass is 9.64. The first-order valence-electron chi connectivity index (χ1n) is 7.11. The molecule has 1 aromatic rings. The van der Waals surface area contributed by atoms with E-state index in [1.54, 1.807) is 6.08 Å². The minimum atomic E-state index is -0.870. The third kappa shape index (κ3) is 2.67. The number of rotatable bonds is 4. The highest BCUT2D eigenvalue weighted by Crippen LogP contribution is 2.44. The van der Waals surface area contributed by atoms with Crippen LogP contribution in [0.25, 0.3) is 0 Å². The summed E-state index contributed by atoms with van der Waals surface area (Å²) in [6.45, 7) is 1.94. The lowest BCUT2D eigenvalue weighted by Gasteiger charge is -2.38. The average molecular weight is 272 g/mol. The van der Waals surface area contributed by atoms with Gasteiger partial charge in [0.05, 0.1) is 0 Å². The summed E-state index contributed by atoms with van der Waals surface area (Å²) in [5.41, 5.74) is 0.935. The summed E-state index contributed by atoms with van der Waals surface area (Å²) in [4.78, 5) is 23.3. The van der Waals surface area contributed by atoms with Gasteiger partial charge in [0, 0.05) is 23.8 Å². The minimum absolute atomic E-state index is 0.234. The van der Waals surface area contributed by atoms with Crippen molar-refractivity contribution in [2.24, 2.45) is 0 Å². The number of Topliss-reactive ketones (excluding diaryl/α,β-unsaturated/α-hetero) is 1. The van der Waals surface area contributed by atoms with Gasteiger partial charge in [-0.3, -0.25) is 4.79 Å². The van der Waals surface area contributed by atoms with E-state index in [9.17, 15) is 14.7 Å². The molecule has 0 aliphatic heterocycles. The third-order valence-corrected chi connectivity index (χ3v) is 4.14. The molecule has 1 aliphatic rings. The number of carbonyl (C=O) groups excluding carboxylic acids is 1. The van der Waals surface area contributed by atoms with Crippen LogP contribution in [-0.2, 0) is 15.0 Å². The fourth-order valence-electron chi connectivity index (χ4n) is 3.12. The number of hydrogen-bond donors (Lipinski definition) is 1. The second kappa shape index (κ2) is 6.04. The maximum atomic E-state index is 11.7. The SMILES string of the molecule is CCC=C(C(=O)O)C1(c2ccccc2)CCC(=O)CC1. The molecule has 0 spiro atoms. The van der Waals surface area contributed by atoms with Crippen LogP contribution in [0.5, 0.6) is 0 Å². The Hall–Kier alpha value is -1.90. The van der Waals surface area contributed by atoms with Gasteiger partial charge in [-0.25, -0.2) is 4.79 Å². The van der Waals surface area contributed by atoms with Crippen molar-refractivity contribution in [3.05, 3.63) is 47.5 Å². The predicted octanol–water partition coefficient (Wildman–Crippen LogP) is 3.49. The number of allylic oxidation sites excluding steroid dienone is 1. The smallest absolute Gasteiger partial charge is 0.332 e. The molecule has 1 aromatic carbocycles. The molecule has 20 heavy (non-hydrogen) atoms. The molecule has 0 radical (unpaired) electrons. The molecule has 0 heterocycles. The summed E-state index contributed by atoms with van der Waals surface area (Å²) < 4.78 is 0. The number of ketones is 1. The van der Waals surface area contributed by atoms with Crippen molar-refractivity contribution >= 4 is 11.8 Å². The van der Waals surface area contributed by atoms with Gasteiger partial charge < -0.3 is 5.11 Å². The van der Waals surface area contributed by atoms with E-state index in [-0.39, 0.29) is 5.78 Å². The maximum absolute atomic E-state index is 11.7. The number of carbonyl (C=O) groups is 2. The summed E-state index contributed by atoms with van der Waals surface area (Å²) in [7, 11) is 0. The predicted molar refractivity (Wildman–Crippen MR) is 77.6 cm³/mol. The molecule has 0 amide bonds. The molecule has 0 saturated heterocycles. The topological polar surface area (TPSA) is 54.4 Å². The Kier molecular flexibility index (Phi) is 4.38. The van der Waals surface area contributed by atoms with Gasteiger partial charge in [-0.05, 0) is 24.8 Å². The van der Waals surface area contributed by atoms with Gasteiger partial charge in [-0.15, -0.1) is 0 Å². The fraction of sp³-hybridized carbons (Fsp3) is 0.412. The Morgan fingerprint density at radius 3 is 2.35 bits per heavy atom. The van der Waals surface area contributed by atoms with Crippen LogP contribution in [0.2, 0.25) is 0 Å². The second-order valence-corrected chi connectivity index (χ2v) is 5.32. The van der Waals surface area contributed by atoms with Gasteiger partial charge in [0.2, 0.25) is 0 Å². The molecule has 0 aromatic heterocycles. The van der Waals surface area contributed by atoms with Crippen LogP contribution in [-0.4, -0.2) is 16.9 Å². The van der Waals surface area contributed by atoms with Gasteiger partial charge in [-0.2, -0.15) is 0 Å². The van der Waals surface area contributed by atoms with Gasteiger partial charge in [0.25, 0.3) is 0 Å². The van der Waals surface area contributed by atoms with Gasteiger partial charge in [0.15, 0.2) is 0 Å². The van der Waals surface area contributed by atoms with Crippen LogP contribution in [0.3, 0.4) is 0 Å². The molecule has 0 unspecified atom stereocenters. The molecule has 2 rings (SSSR count). The number of aliphatic carboxylic acids is 1. The lowest BCUT2D eigenvalue weighted by molar-refractivity contribution is -0.134. The van der Waals surface area contributed by atoms with E-state index in [0.717, 1.165) is 5.56 Å². The first kappa shape index (κ1) is 14.5. The highest BCUT2D eigenvalue weighted by molar-refractivity contribution is 5.91. The standard InChI is InChI=1S/C17H20O3/c1-2-6-15(16(19)20)17(11-9-14(18)10-12-17)13-7-4-3-5-8-13/h3-8H,2,9-12H2,1H3,(H,19,20). The van der Waals surface area contributed by atoms with Crippen molar-refractivity contribution in [3.63, 3.8) is 0 Å². The highest BCUT2D eigenvalue weighted by atomic mass is 16.4. The molecule has 1 aliphatic carbocycles. The van der Waals surface area contributed by atoms with Crippen LogP contribution in [0.15, 0.2) is 42.0 Å². The van der Waals surface area contributed by atoms with Crippen molar-refractivity contribution < 1.29 is 14.7 Å². The largest absolute Gasteiger partial charge is 0.478 e. The van der Waals surface area contributed by atoms with Crippen molar-refractivity contribution in [2.45, 2.75) is 44.4 Å². The summed E-state index contributed by atoms with van der Waals surface area (Å²) in [5, 5.41) is 9.60. The highest BCUT2D eigenvalue weighted by Gasteiger charge is 2.42. The molecule has 0 atom stereocenters. The average Bonchev–Trinajstić information content (AvgIpc) is 2.47. The number of hydrogen-bond acceptors (Lipinski definition) is 2. The zero-order chi connectivity index (χ0) is 14.6. The molecule has 0 bridgehead atoms. The minimum Gasteiger partial charge on any atom is -0.478 e. The van der Waals surface area contributed by atoms with E-state index in [0.29, 0.717) is 37.7 Å². The van der Waals surface area contributed by atoms with Crippen molar-refractivity contribution in [1.29, 1.82) is 0 Å². The Morgan fingerprint density at radius 1 is 1.25 bits per heavy atom. The van der Waals surface area contributed by atoms with Crippen LogP contribution in [0, 0.1) is 0 Å². The summed E-state index contributed by atoms with van der Waals surface area (Å²) in [6.07, 6.45) is 4.59. The fourth-order valence-corrected chi connectivity index (χ4v) is 3.12. The van der Waals surface area contributed by atoms with E-state index < -0.39 is 11.4 Å². The molecule has 1 fully saturated rings. The van der Waals surface area contributed by atoms with Crippen molar-refractivity contribution in [3.8, 4) is 0 Å². The summed E-state index contributed by atoms with van der Waals surface area (Å²) in [5.74, 6) is -0.636. The van der Waals surface area contributed by atoms with E-state index >= 15 is 0 Å². The van der Waals surface area contributed by atoms with Crippen LogP contribution < -0.4 is 0 Å². The molecular weight excluding hydrogens is 252 g/mol. The molecular formula is C17H20O3. The van der Waals surface area contributed by atoms with Crippen molar-refractivity contribution in [2.75, 3.05) is 0 Å². The number of benzene rings is 1. The first-order chi connectivity index (χ1) is 9.60.